The zero-order chi connectivity index (χ0) is 18.6. The Morgan fingerprint density at radius 2 is 1.96 bits per heavy atom. The number of ether oxygens (including phenoxy) is 1. The average Bonchev–Trinajstić information content (AvgIpc) is 2.53. The molecule has 0 spiro atoms. The van der Waals surface area contributed by atoms with Gasteiger partial charge in [-0.05, 0) is 47.7 Å². The minimum atomic E-state index is -1.05. The second-order valence-electron chi connectivity index (χ2n) is 7.02. The van der Waals surface area contributed by atoms with E-state index in [1.807, 2.05) is 50.2 Å². The van der Waals surface area contributed by atoms with Gasteiger partial charge in [0.1, 0.15) is 11.3 Å². The number of hydrogen-bond donors (Lipinski definition) is 2. The molecule has 0 heterocycles. The number of hydrogen-bond acceptors (Lipinski definition) is 3. The van der Waals surface area contributed by atoms with E-state index in [-0.39, 0.29) is 18.2 Å². The third kappa shape index (κ3) is 4.50. The number of nitrogens with two attached hydrogens (primary N) is 1. The molecule has 2 aromatic rings. The van der Waals surface area contributed by atoms with Crippen molar-refractivity contribution in [3.63, 3.8) is 0 Å². The van der Waals surface area contributed by atoms with Gasteiger partial charge in [-0.25, -0.2) is 0 Å². The molecule has 0 aliphatic carbocycles. The third-order valence-electron chi connectivity index (χ3n) is 4.31. The molecule has 25 heavy (non-hydrogen) atoms. The summed E-state index contributed by atoms with van der Waals surface area (Å²) in [6, 6.07) is 11.6. The van der Waals surface area contributed by atoms with Crippen LogP contribution >= 0.6 is 0 Å². The smallest absolute Gasteiger partial charge is 0.242 e. The van der Waals surface area contributed by atoms with Crippen LogP contribution in [0.15, 0.2) is 36.4 Å². The number of carbonyl (C=O) groups is 2. The number of benzene rings is 2. The van der Waals surface area contributed by atoms with Gasteiger partial charge in [0.2, 0.25) is 11.8 Å². The first-order chi connectivity index (χ1) is 11.7. The predicted octanol–water partition coefficient (Wildman–Crippen LogP) is 2.80. The SMILES string of the molecule is COc1ccc2cccc(CC(=O)N[C@@](C)(CC(C)C)C(N)=O)c2c1. The van der Waals surface area contributed by atoms with Crippen LogP contribution in [-0.4, -0.2) is 24.5 Å². The van der Waals surface area contributed by atoms with Crippen molar-refractivity contribution >= 4 is 22.6 Å². The molecule has 0 saturated carbocycles. The highest BCUT2D eigenvalue weighted by molar-refractivity contribution is 5.94. The summed E-state index contributed by atoms with van der Waals surface area (Å²) in [6.07, 6.45) is 0.670. The second kappa shape index (κ2) is 7.55. The van der Waals surface area contributed by atoms with Crippen molar-refractivity contribution in [3.05, 3.63) is 42.0 Å². The van der Waals surface area contributed by atoms with Crippen LogP contribution in [0.3, 0.4) is 0 Å². The highest BCUT2D eigenvalue weighted by atomic mass is 16.5. The van der Waals surface area contributed by atoms with E-state index in [1.54, 1.807) is 14.0 Å². The summed E-state index contributed by atoms with van der Waals surface area (Å²) in [5, 5.41) is 4.81. The Morgan fingerprint density at radius 3 is 2.56 bits per heavy atom. The molecular weight excluding hydrogens is 316 g/mol. The molecule has 0 aliphatic heterocycles. The molecule has 1 atom stereocenters. The lowest BCUT2D eigenvalue weighted by Gasteiger charge is -2.29. The molecule has 2 amide bonds. The van der Waals surface area contributed by atoms with Crippen molar-refractivity contribution in [2.45, 2.75) is 39.2 Å². The van der Waals surface area contributed by atoms with Crippen LogP contribution in [0.2, 0.25) is 0 Å². The molecule has 0 unspecified atom stereocenters. The van der Waals surface area contributed by atoms with Crippen LogP contribution in [-0.2, 0) is 16.0 Å². The Morgan fingerprint density at radius 1 is 1.24 bits per heavy atom. The van der Waals surface area contributed by atoms with Gasteiger partial charge in [-0.2, -0.15) is 0 Å². The van der Waals surface area contributed by atoms with Crippen molar-refractivity contribution in [1.82, 2.24) is 5.32 Å². The number of methoxy groups -OCH3 is 1. The number of primary amides is 1. The first-order valence-electron chi connectivity index (χ1n) is 8.41. The van der Waals surface area contributed by atoms with E-state index in [1.165, 1.54) is 0 Å². The predicted molar refractivity (Wildman–Crippen MR) is 99.4 cm³/mol. The number of fused-ring (bicyclic) bond motifs is 1. The van der Waals surface area contributed by atoms with E-state index in [0.29, 0.717) is 6.42 Å². The monoisotopic (exact) mass is 342 g/mol. The van der Waals surface area contributed by atoms with Crippen LogP contribution in [0, 0.1) is 5.92 Å². The first-order valence-corrected chi connectivity index (χ1v) is 8.41. The summed E-state index contributed by atoms with van der Waals surface area (Å²) in [5.41, 5.74) is 5.35. The Balaban J connectivity index is 2.25. The van der Waals surface area contributed by atoms with Gasteiger partial charge < -0.3 is 15.8 Å². The van der Waals surface area contributed by atoms with Crippen molar-refractivity contribution < 1.29 is 14.3 Å². The Labute approximate surface area is 148 Å². The maximum Gasteiger partial charge on any atom is 0.242 e. The van der Waals surface area contributed by atoms with Crippen molar-refractivity contribution in [2.24, 2.45) is 11.7 Å². The van der Waals surface area contributed by atoms with Crippen LogP contribution in [0.1, 0.15) is 32.8 Å². The highest BCUT2D eigenvalue weighted by Gasteiger charge is 2.33. The summed E-state index contributed by atoms with van der Waals surface area (Å²) < 4.78 is 5.28. The van der Waals surface area contributed by atoms with E-state index in [2.05, 4.69) is 5.32 Å². The molecule has 0 saturated heterocycles. The van der Waals surface area contributed by atoms with E-state index in [4.69, 9.17) is 10.5 Å². The molecule has 2 aromatic carbocycles. The zero-order valence-corrected chi connectivity index (χ0v) is 15.3. The van der Waals surface area contributed by atoms with Crippen molar-refractivity contribution in [3.8, 4) is 5.75 Å². The fourth-order valence-corrected chi connectivity index (χ4v) is 3.15. The van der Waals surface area contributed by atoms with Crippen LogP contribution in [0.5, 0.6) is 5.75 Å². The van der Waals surface area contributed by atoms with E-state index in [9.17, 15) is 9.59 Å². The molecule has 2 rings (SSSR count). The number of nitrogens with one attached hydrogen (secondary N) is 1. The van der Waals surface area contributed by atoms with E-state index in [0.717, 1.165) is 22.1 Å². The minimum absolute atomic E-state index is 0.172. The van der Waals surface area contributed by atoms with Crippen molar-refractivity contribution in [1.29, 1.82) is 0 Å². The van der Waals surface area contributed by atoms with Gasteiger partial charge in [0, 0.05) is 0 Å². The van der Waals surface area contributed by atoms with Crippen molar-refractivity contribution in [2.75, 3.05) is 7.11 Å². The molecule has 0 fully saturated rings. The summed E-state index contributed by atoms with van der Waals surface area (Å²) >= 11 is 0. The Bertz CT molecular complexity index is 786. The molecule has 5 nitrogen and oxygen atoms in total. The highest BCUT2D eigenvalue weighted by Crippen LogP contribution is 2.25. The summed E-state index contributed by atoms with van der Waals surface area (Å²) in [7, 11) is 1.61. The fraction of sp³-hybridized carbons (Fsp3) is 0.400. The molecule has 0 aliphatic rings. The first kappa shape index (κ1) is 18.8. The van der Waals surface area contributed by atoms with Gasteiger partial charge in [0.25, 0.3) is 0 Å². The van der Waals surface area contributed by atoms with Gasteiger partial charge in [-0.3, -0.25) is 9.59 Å². The van der Waals surface area contributed by atoms with Crippen LogP contribution < -0.4 is 15.8 Å². The lowest BCUT2D eigenvalue weighted by atomic mass is 9.89. The largest absolute Gasteiger partial charge is 0.497 e. The summed E-state index contributed by atoms with van der Waals surface area (Å²) in [6.45, 7) is 5.66. The summed E-state index contributed by atoms with van der Waals surface area (Å²) in [5.74, 6) is 0.230. The lowest BCUT2D eigenvalue weighted by Crippen LogP contribution is -2.56. The maximum absolute atomic E-state index is 12.6. The average molecular weight is 342 g/mol. The molecular formula is C20H26N2O3. The number of amides is 2. The molecule has 5 heteroatoms. The molecule has 0 bridgehead atoms. The van der Waals surface area contributed by atoms with Crippen LogP contribution in [0.4, 0.5) is 0 Å². The standard InChI is InChI=1S/C20H26N2O3/c1-13(2)12-20(3,19(21)24)22-18(23)10-15-7-5-6-14-8-9-16(25-4)11-17(14)15/h5-9,11,13H,10,12H2,1-4H3,(H2,21,24)(H,22,23)/t20-/m0/s1. The van der Waals surface area contributed by atoms with E-state index >= 15 is 0 Å². The number of carbonyl (C=O) groups excluding carboxylic acids is 2. The van der Waals surface area contributed by atoms with Crippen LogP contribution in [0.25, 0.3) is 10.8 Å². The van der Waals surface area contributed by atoms with Gasteiger partial charge in [0.15, 0.2) is 0 Å². The molecule has 3 N–H and O–H groups in total. The van der Waals surface area contributed by atoms with E-state index < -0.39 is 11.4 Å². The zero-order valence-electron chi connectivity index (χ0n) is 15.3. The fourth-order valence-electron chi connectivity index (χ4n) is 3.15. The number of rotatable bonds is 7. The topological polar surface area (TPSA) is 81.4 Å². The lowest BCUT2D eigenvalue weighted by molar-refractivity contribution is -0.131. The minimum Gasteiger partial charge on any atom is -0.497 e. The molecule has 0 radical (unpaired) electrons. The second-order valence-corrected chi connectivity index (χ2v) is 7.02. The maximum atomic E-state index is 12.6. The Hall–Kier alpha value is -2.56. The van der Waals surface area contributed by atoms with Gasteiger partial charge in [-0.1, -0.05) is 38.1 Å². The molecule has 0 aromatic heterocycles. The van der Waals surface area contributed by atoms with Gasteiger partial charge in [-0.15, -0.1) is 0 Å². The Kier molecular flexibility index (Phi) is 5.67. The van der Waals surface area contributed by atoms with Gasteiger partial charge >= 0.3 is 0 Å². The molecule has 134 valence electrons. The quantitative estimate of drug-likeness (QED) is 0.812. The normalized spacial score (nSPS) is 13.5. The third-order valence-corrected chi connectivity index (χ3v) is 4.31. The van der Waals surface area contributed by atoms with Gasteiger partial charge in [0.05, 0.1) is 13.5 Å². The summed E-state index contributed by atoms with van der Waals surface area (Å²) in [4.78, 5) is 24.4.